The molecule has 3 aromatic heterocycles. The number of hydrogen-bond donors (Lipinski definition) is 0. The van der Waals surface area contributed by atoms with Gasteiger partial charge in [0.15, 0.2) is 0 Å². The molecule has 0 amide bonds. The molecule has 0 bridgehead atoms. The van der Waals surface area contributed by atoms with Crippen LogP contribution in [0, 0.1) is 0 Å². The summed E-state index contributed by atoms with van der Waals surface area (Å²) in [6, 6.07) is 7.51. The van der Waals surface area contributed by atoms with Crippen LogP contribution >= 0.6 is 0 Å². The SMILES string of the molecule is CC1CN(c2cccnc2)CCCN1c1nc(-c2ccncn2)cc(=O)n1C. The van der Waals surface area contributed by atoms with E-state index in [1.54, 1.807) is 30.1 Å². The zero-order chi connectivity index (χ0) is 19.5. The Kier molecular flexibility index (Phi) is 5.01. The van der Waals surface area contributed by atoms with Crippen LogP contribution in [-0.4, -0.2) is 50.2 Å². The molecule has 8 nitrogen and oxygen atoms in total. The summed E-state index contributed by atoms with van der Waals surface area (Å²) >= 11 is 0. The van der Waals surface area contributed by atoms with Crippen molar-refractivity contribution in [2.24, 2.45) is 7.05 Å². The van der Waals surface area contributed by atoms with Crippen molar-refractivity contribution in [2.45, 2.75) is 19.4 Å². The number of rotatable bonds is 3. The quantitative estimate of drug-likeness (QED) is 0.688. The van der Waals surface area contributed by atoms with Crippen LogP contribution < -0.4 is 15.4 Å². The van der Waals surface area contributed by atoms with Gasteiger partial charge in [-0.3, -0.25) is 14.3 Å². The maximum atomic E-state index is 12.6. The summed E-state index contributed by atoms with van der Waals surface area (Å²) in [5, 5.41) is 0. The highest BCUT2D eigenvalue weighted by molar-refractivity contribution is 5.55. The summed E-state index contributed by atoms with van der Waals surface area (Å²) in [5.74, 6) is 0.668. The Hall–Kier alpha value is -3.29. The van der Waals surface area contributed by atoms with Crippen molar-refractivity contribution in [2.75, 3.05) is 29.4 Å². The van der Waals surface area contributed by atoms with Gasteiger partial charge < -0.3 is 9.80 Å². The summed E-state index contributed by atoms with van der Waals surface area (Å²) in [5.41, 5.74) is 2.24. The highest BCUT2D eigenvalue weighted by Gasteiger charge is 2.25. The van der Waals surface area contributed by atoms with Crippen molar-refractivity contribution in [3.8, 4) is 11.4 Å². The molecule has 0 radical (unpaired) electrons. The summed E-state index contributed by atoms with van der Waals surface area (Å²) in [7, 11) is 1.77. The summed E-state index contributed by atoms with van der Waals surface area (Å²) < 4.78 is 1.61. The van der Waals surface area contributed by atoms with E-state index in [-0.39, 0.29) is 11.6 Å². The first-order valence-electron chi connectivity index (χ1n) is 9.39. The van der Waals surface area contributed by atoms with Crippen LogP contribution in [0.25, 0.3) is 11.4 Å². The van der Waals surface area contributed by atoms with Crippen LogP contribution in [0.5, 0.6) is 0 Å². The fraction of sp³-hybridized carbons (Fsp3) is 0.350. The molecular weight excluding hydrogens is 354 g/mol. The van der Waals surface area contributed by atoms with Crippen LogP contribution in [-0.2, 0) is 7.05 Å². The predicted molar refractivity (Wildman–Crippen MR) is 108 cm³/mol. The Morgan fingerprint density at radius 1 is 1.11 bits per heavy atom. The van der Waals surface area contributed by atoms with Gasteiger partial charge in [-0.15, -0.1) is 0 Å². The Bertz CT molecular complexity index is 990. The number of nitrogens with zero attached hydrogens (tertiary/aromatic N) is 7. The first kappa shape index (κ1) is 18.1. The molecule has 28 heavy (non-hydrogen) atoms. The molecule has 8 heteroatoms. The molecule has 1 aliphatic heterocycles. The molecule has 0 aliphatic carbocycles. The number of anilines is 2. The molecule has 0 spiro atoms. The van der Waals surface area contributed by atoms with Crippen molar-refractivity contribution < 1.29 is 0 Å². The topological polar surface area (TPSA) is 80.0 Å². The molecule has 1 aliphatic rings. The lowest BCUT2D eigenvalue weighted by Crippen LogP contribution is -2.42. The number of hydrogen-bond acceptors (Lipinski definition) is 7. The molecule has 4 rings (SSSR count). The third-order valence-electron chi connectivity index (χ3n) is 5.07. The molecule has 4 heterocycles. The monoisotopic (exact) mass is 377 g/mol. The smallest absolute Gasteiger partial charge is 0.255 e. The van der Waals surface area contributed by atoms with E-state index in [4.69, 9.17) is 4.98 Å². The van der Waals surface area contributed by atoms with E-state index in [9.17, 15) is 4.79 Å². The summed E-state index contributed by atoms with van der Waals surface area (Å²) in [6.07, 6.45) is 7.77. The highest BCUT2D eigenvalue weighted by atomic mass is 16.1. The molecule has 0 aromatic carbocycles. The van der Waals surface area contributed by atoms with Gasteiger partial charge in [0.25, 0.3) is 5.56 Å². The van der Waals surface area contributed by atoms with Crippen molar-refractivity contribution in [3.63, 3.8) is 0 Å². The molecule has 1 fully saturated rings. The molecule has 0 saturated carbocycles. The van der Waals surface area contributed by atoms with Crippen molar-refractivity contribution in [1.29, 1.82) is 0 Å². The van der Waals surface area contributed by atoms with Gasteiger partial charge in [-0.2, -0.15) is 0 Å². The predicted octanol–water partition coefficient (Wildman–Crippen LogP) is 1.74. The van der Waals surface area contributed by atoms with Crippen molar-refractivity contribution in [1.82, 2.24) is 24.5 Å². The lowest BCUT2D eigenvalue weighted by Gasteiger charge is -2.31. The van der Waals surface area contributed by atoms with Crippen LogP contribution in [0.15, 0.2) is 54.0 Å². The fourth-order valence-electron chi connectivity index (χ4n) is 3.59. The van der Waals surface area contributed by atoms with Gasteiger partial charge in [0.1, 0.15) is 6.33 Å². The summed E-state index contributed by atoms with van der Waals surface area (Å²) in [6.45, 7) is 4.76. The van der Waals surface area contributed by atoms with E-state index in [0.29, 0.717) is 17.3 Å². The number of aromatic nitrogens is 5. The second-order valence-electron chi connectivity index (χ2n) is 6.99. The van der Waals surface area contributed by atoms with Gasteiger partial charge in [-0.1, -0.05) is 0 Å². The highest BCUT2D eigenvalue weighted by Crippen LogP contribution is 2.23. The van der Waals surface area contributed by atoms with Gasteiger partial charge in [-0.05, 0) is 31.5 Å². The molecule has 0 N–H and O–H groups in total. The van der Waals surface area contributed by atoms with Crippen LogP contribution in [0.3, 0.4) is 0 Å². The zero-order valence-corrected chi connectivity index (χ0v) is 16.1. The van der Waals surface area contributed by atoms with Gasteiger partial charge in [-0.25, -0.2) is 15.0 Å². The molecule has 1 unspecified atom stereocenters. The normalized spacial score (nSPS) is 17.4. The van der Waals surface area contributed by atoms with Crippen molar-refractivity contribution >= 4 is 11.6 Å². The van der Waals surface area contributed by atoms with E-state index < -0.39 is 0 Å². The standard InChI is InChI=1S/C20H23N7O/c1-15-13-26(16-5-3-7-21-12-16)9-4-10-27(15)20-24-18(11-19(28)25(20)2)17-6-8-22-14-23-17/h3,5-8,11-12,14-15H,4,9-10,13H2,1-2H3. The minimum atomic E-state index is -0.0980. The molecule has 3 aromatic rings. The van der Waals surface area contributed by atoms with Gasteiger partial charge in [0, 0.05) is 51.2 Å². The Labute approximate surface area is 163 Å². The van der Waals surface area contributed by atoms with E-state index in [1.165, 1.54) is 12.4 Å². The van der Waals surface area contributed by atoms with Crippen LogP contribution in [0.4, 0.5) is 11.6 Å². The van der Waals surface area contributed by atoms with Crippen molar-refractivity contribution in [3.05, 3.63) is 59.5 Å². The average Bonchev–Trinajstić information content (AvgIpc) is 2.93. The van der Waals surface area contributed by atoms with Crippen LogP contribution in [0.1, 0.15) is 13.3 Å². The summed E-state index contributed by atoms with van der Waals surface area (Å²) in [4.78, 5) is 34.3. The Morgan fingerprint density at radius 3 is 2.75 bits per heavy atom. The van der Waals surface area contributed by atoms with E-state index in [0.717, 1.165) is 31.7 Å². The van der Waals surface area contributed by atoms with Gasteiger partial charge in [0.2, 0.25) is 5.95 Å². The third-order valence-corrected chi connectivity index (χ3v) is 5.07. The molecule has 1 saturated heterocycles. The van der Waals surface area contributed by atoms with Gasteiger partial charge >= 0.3 is 0 Å². The third kappa shape index (κ3) is 3.58. The fourth-order valence-corrected chi connectivity index (χ4v) is 3.59. The molecular formula is C20H23N7O. The van der Waals surface area contributed by atoms with E-state index in [1.807, 2.05) is 12.3 Å². The maximum Gasteiger partial charge on any atom is 0.255 e. The minimum Gasteiger partial charge on any atom is -0.368 e. The number of pyridine rings is 1. The largest absolute Gasteiger partial charge is 0.368 e. The second-order valence-corrected chi connectivity index (χ2v) is 6.99. The zero-order valence-electron chi connectivity index (χ0n) is 16.1. The van der Waals surface area contributed by atoms with Gasteiger partial charge in [0.05, 0.1) is 23.3 Å². The average molecular weight is 377 g/mol. The van der Waals surface area contributed by atoms with Crippen LogP contribution in [0.2, 0.25) is 0 Å². The first-order valence-corrected chi connectivity index (χ1v) is 9.39. The Morgan fingerprint density at radius 2 is 2.00 bits per heavy atom. The van der Waals surface area contributed by atoms with E-state index >= 15 is 0 Å². The second kappa shape index (κ2) is 7.75. The molecule has 144 valence electrons. The minimum absolute atomic E-state index is 0.0980. The molecule has 1 atom stereocenters. The maximum absolute atomic E-state index is 12.6. The first-order chi connectivity index (χ1) is 13.6. The lowest BCUT2D eigenvalue weighted by molar-refractivity contribution is 0.623. The van der Waals surface area contributed by atoms with E-state index in [2.05, 4.69) is 37.7 Å². The Balaban J connectivity index is 1.67. The lowest BCUT2D eigenvalue weighted by atomic mass is 10.2.